The van der Waals surface area contributed by atoms with E-state index in [-0.39, 0.29) is 6.10 Å². The molecular weight excluding hydrogens is 124 g/mol. The van der Waals surface area contributed by atoms with Crippen LogP contribution in [0.15, 0.2) is 0 Å². The summed E-state index contributed by atoms with van der Waals surface area (Å²) in [5.41, 5.74) is 0. The summed E-state index contributed by atoms with van der Waals surface area (Å²) in [6, 6.07) is 0. The lowest BCUT2D eigenvalue weighted by Gasteiger charge is -2.10. The molecule has 0 aliphatic heterocycles. The van der Waals surface area contributed by atoms with Crippen molar-refractivity contribution in [3.05, 3.63) is 0 Å². The van der Waals surface area contributed by atoms with E-state index in [1.165, 1.54) is 12.8 Å². The first kappa shape index (κ1) is 8.06. The van der Waals surface area contributed by atoms with E-state index < -0.39 is 0 Å². The highest BCUT2D eigenvalue weighted by Crippen LogP contribution is 2.26. The average Bonchev–Trinajstić information content (AvgIpc) is 1.93. The van der Waals surface area contributed by atoms with E-state index in [9.17, 15) is 5.11 Å². The maximum absolute atomic E-state index is 9.43. The number of hydrogen-bond acceptors (Lipinski definition) is 1. The second kappa shape index (κ2) is 3.38. The van der Waals surface area contributed by atoms with Gasteiger partial charge in [0.25, 0.3) is 0 Å². The van der Waals surface area contributed by atoms with Crippen molar-refractivity contribution in [2.24, 2.45) is 11.8 Å². The highest BCUT2D eigenvalue weighted by Gasteiger charge is 2.18. The van der Waals surface area contributed by atoms with E-state index in [0.29, 0.717) is 0 Å². The van der Waals surface area contributed by atoms with Crippen molar-refractivity contribution in [1.82, 2.24) is 0 Å². The zero-order valence-corrected chi connectivity index (χ0v) is 7.01. The van der Waals surface area contributed by atoms with Crippen molar-refractivity contribution in [2.75, 3.05) is 0 Å². The minimum atomic E-state index is -0.0208. The first-order valence-electron chi connectivity index (χ1n) is 4.36. The van der Waals surface area contributed by atoms with Gasteiger partial charge in [-0.1, -0.05) is 26.7 Å². The molecule has 2 unspecified atom stereocenters. The third-order valence-corrected chi connectivity index (χ3v) is 2.50. The Balaban J connectivity index is 2.38. The van der Waals surface area contributed by atoms with Gasteiger partial charge in [0.1, 0.15) is 0 Å². The van der Waals surface area contributed by atoms with Gasteiger partial charge in [0.15, 0.2) is 0 Å². The second-order valence-corrected chi connectivity index (χ2v) is 3.91. The zero-order valence-electron chi connectivity index (χ0n) is 7.01. The van der Waals surface area contributed by atoms with E-state index in [1.54, 1.807) is 0 Å². The summed E-state index contributed by atoms with van der Waals surface area (Å²) < 4.78 is 0. The van der Waals surface area contributed by atoms with Gasteiger partial charge in [0, 0.05) is 0 Å². The van der Waals surface area contributed by atoms with Crippen molar-refractivity contribution in [2.45, 2.75) is 45.6 Å². The van der Waals surface area contributed by atoms with Crippen molar-refractivity contribution >= 4 is 0 Å². The van der Waals surface area contributed by atoms with Crippen LogP contribution >= 0.6 is 0 Å². The fourth-order valence-corrected chi connectivity index (χ4v) is 1.83. The smallest absolute Gasteiger partial charge is 0.0545 e. The maximum Gasteiger partial charge on any atom is 0.0545 e. The first-order chi connectivity index (χ1) is 4.68. The van der Waals surface area contributed by atoms with Gasteiger partial charge in [0.05, 0.1) is 6.10 Å². The van der Waals surface area contributed by atoms with E-state index >= 15 is 0 Å². The van der Waals surface area contributed by atoms with Crippen molar-refractivity contribution in [3.63, 3.8) is 0 Å². The standard InChI is InChI=1S/C9H18O/c1-7-3-4-8(2)6-9(10)5-7/h7-10H,3-6H2,1-2H3. The molecule has 0 aromatic heterocycles. The summed E-state index contributed by atoms with van der Waals surface area (Å²) in [7, 11) is 0. The molecule has 0 radical (unpaired) electrons. The fraction of sp³-hybridized carbons (Fsp3) is 1.00. The predicted octanol–water partition coefficient (Wildman–Crippen LogP) is 2.19. The van der Waals surface area contributed by atoms with Crippen LogP contribution in [0, 0.1) is 11.8 Å². The number of aliphatic hydroxyl groups excluding tert-OH is 1. The first-order valence-corrected chi connectivity index (χ1v) is 4.36. The molecule has 1 aliphatic carbocycles. The van der Waals surface area contributed by atoms with E-state index in [4.69, 9.17) is 0 Å². The van der Waals surface area contributed by atoms with Crippen LogP contribution in [-0.4, -0.2) is 11.2 Å². The topological polar surface area (TPSA) is 20.2 Å². The second-order valence-electron chi connectivity index (χ2n) is 3.91. The Labute approximate surface area is 63.4 Å². The molecule has 1 fully saturated rings. The maximum atomic E-state index is 9.43. The van der Waals surface area contributed by atoms with Gasteiger partial charge in [-0.05, 0) is 24.7 Å². The van der Waals surface area contributed by atoms with Crippen LogP contribution in [0.5, 0.6) is 0 Å². The predicted molar refractivity (Wildman–Crippen MR) is 42.8 cm³/mol. The molecule has 0 aromatic carbocycles. The van der Waals surface area contributed by atoms with Crippen LogP contribution in [-0.2, 0) is 0 Å². The highest BCUT2D eigenvalue weighted by atomic mass is 16.3. The molecule has 1 N–H and O–H groups in total. The SMILES string of the molecule is CC1CCC(C)CC(O)C1. The molecular formula is C9H18O. The van der Waals surface area contributed by atoms with Crippen molar-refractivity contribution in [1.29, 1.82) is 0 Å². The third-order valence-electron chi connectivity index (χ3n) is 2.50. The number of rotatable bonds is 0. The Morgan fingerprint density at radius 1 is 1.00 bits per heavy atom. The van der Waals surface area contributed by atoms with Crippen LogP contribution in [0.25, 0.3) is 0 Å². The van der Waals surface area contributed by atoms with Gasteiger partial charge in [-0.3, -0.25) is 0 Å². The molecule has 0 bridgehead atoms. The molecule has 2 atom stereocenters. The quantitative estimate of drug-likeness (QED) is 0.514. The monoisotopic (exact) mass is 142 g/mol. The largest absolute Gasteiger partial charge is 0.393 e. The highest BCUT2D eigenvalue weighted by molar-refractivity contribution is 4.70. The summed E-state index contributed by atoms with van der Waals surface area (Å²) in [5.74, 6) is 1.47. The zero-order chi connectivity index (χ0) is 7.56. The molecule has 1 nitrogen and oxygen atoms in total. The molecule has 1 aliphatic rings. The van der Waals surface area contributed by atoms with E-state index in [2.05, 4.69) is 13.8 Å². The van der Waals surface area contributed by atoms with E-state index in [1.807, 2.05) is 0 Å². The molecule has 60 valence electrons. The van der Waals surface area contributed by atoms with Gasteiger partial charge in [-0.15, -0.1) is 0 Å². The van der Waals surface area contributed by atoms with Crippen molar-refractivity contribution in [3.8, 4) is 0 Å². The van der Waals surface area contributed by atoms with Gasteiger partial charge in [-0.25, -0.2) is 0 Å². The molecule has 1 heteroatoms. The molecule has 0 amide bonds. The van der Waals surface area contributed by atoms with Crippen LogP contribution in [0.3, 0.4) is 0 Å². The van der Waals surface area contributed by atoms with Gasteiger partial charge in [-0.2, -0.15) is 0 Å². The molecule has 0 spiro atoms. The Kier molecular flexibility index (Phi) is 2.72. The minimum absolute atomic E-state index is 0.0208. The summed E-state index contributed by atoms with van der Waals surface area (Å²) in [5, 5.41) is 9.43. The lowest BCUT2D eigenvalue weighted by molar-refractivity contribution is 0.134. The number of hydrogen-bond donors (Lipinski definition) is 1. The molecule has 10 heavy (non-hydrogen) atoms. The summed E-state index contributed by atoms with van der Waals surface area (Å²) in [6.45, 7) is 4.47. The Morgan fingerprint density at radius 3 is 1.80 bits per heavy atom. The van der Waals surface area contributed by atoms with Crippen molar-refractivity contribution < 1.29 is 5.11 Å². The molecule has 1 saturated carbocycles. The molecule has 0 heterocycles. The molecule has 0 saturated heterocycles. The Hall–Kier alpha value is -0.0400. The summed E-state index contributed by atoms with van der Waals surface area (Å²) in [4.78, 5) is 0. The molecule has 0 aromatic rings. The fourth-order valence-electron chi connectivity index (χ4n) is 1.83. The Bertz CT molecular complexity index is 88.9. The Morgan fingerprint density at radius 2 is 1.40 bits per heavy atom. The lowest BCUT2D eigenvalue weighted by Crippen LogP contribution is -2.10. The third kappa shape index (κ3) is 2.30. The number of aliphatic hydroxyl groups is 1. The summed E-state index contributed by atoms with van der Waals surface area (Å²) >= 11 is 0. The van der Waals surface area contributed by atoms with Gasteiger partial charge < -0.3 is 5.11 Å². The normalized spacial score (nSPS) is 42.9. The van der Waals surface area contributed by atoms with Crippen LogP contribution in [0.1, 0.15) is 39.5 Å². The van der Waals surface area contributed by atoms with Gasteiger partial charge in [0.2, 0.25) is 0 Å². The summed E-state index contributed by atoms with van der Waals surface area (Å²) in [6.07, 6.45) is 4.62. The minimum Gasteiger partial charge on any atom is -0.393 e. The van der Waals surface area contributed by atoms with Gasteiger partial charge >= 0.3 is 0 Å². The molecule has 1 rings (SSSR count). The van der Waals surface area contributed by atoms with Crippen LogP contribution < -0.4 is 0 Å². The van der Waals surface area contributed by atoms with E-state index in [0.717, 1.165) is 24.7 Å². The average molecular weight is 142 g/mol. The lowest BCUT2D eigenvalue weighted by atomic mass is 10.0. The van der Waals surface area contributed by atoms with Crippen LogP contribution in [0.4, 0.5) is 0 Å². The van der Waals surface area contributed by atoms with Crippen LogP contribution in [0.2, 0.25) is 0 Å².